The fourth-order valence-corrected chi connectivity index (χ4v) is 7.42. The molecule has 10 aromatic rings. The summed E-state index contributed by atoms with van der Waals surface area (Å²) in [6.45, 7) is 0.660. The van der Waals surface area contributed by atoms with Gasteiger partial charge in [-0.1, -0.05) is 59.7 Å². The molecule has 5 aromatic heterocycles. The van der Waals surface area contributed by atoms with Gasteiger partial charge in [-0.2, -0.15) is 0 Å². The van der Waals surface area contributed by atoms with Gasteiger partial charge in [0.25, 0.3) is 11.8 Å². The molecular formula is C53H45N13O4. The maximum atomic E-state index is 11.9. The second-order valence-corrected chi connectivity index (χ2v) is 15.7. The molecule has 70 heavy (non-hydrogen) atoms. The molecule has 0 radical (unpaired) electrons. The lowest BCUT2D eigenvalue weighted by molar-refractivity contribution is 0.0950. The SMILES string of the molecule is C#Cc1cccc(Nc2nc3cc(Oc4ccnc(C(=O)NC)c4)ccc3n2C)c1.CNC(=O)c1cc(Oc2ccc3c(c2)nc(Nc2cccc(-c4cn(Cc5ccccc5)nn4)c2)n3C)ccn1. The van der Waals surface area contributed by atoms with Crippen LogP contribution >= 0.6 is 0 Å². The van der Waals surface area contributed by atoms with Gasteiger partial charge in [0.2, 0.25) is 11.9 Å². The normalized spacial score (nSPS) is 10.7. The van der Waals surface area contributed by atoms with Crippen LogP contribution < -0.4 is 30.7 Å². The summed E-state index contributed by atoms with van der Waals surface area (Å²) in [6.07, 6.45) is 10.5. The number of ether oxygens (including phenoxy) is 2. The van der Waals surface area contributed by atoms with Crippen LogP contribution in [0.1, 0.15) is 32.1 Å². The summed E-state index contributed by atoms with van der Waals surface area (Å²) in [5, 5.41) is 20.5. The first kappa shape index (κ1) is 45.3. The van der Waals surface area contributed by atoms with Gasteiger partial charge >= 0.3 is 0 Å². The average Bonchev–Trinajstić information content (AvgIpc) is 4.08. The van der Waals surface area contributed by atoms with E-state index < -0.39 is 0 Å². The lowest BCUT2D eigenvalue weighted by atomic mass is 10.1. The number of carbonyl (C=O) groups excluding carboxylic acids is 2. The smallest absolute Gasteiger partial charge is 0.269 e. The first-order chi connectivity index (χ1) is 34.1. The summed E-state index contributed by atoms with van der Waals surface area (Å²) >= 11 is 0. The molecule has 4 N–H and O–H groups in total. The Morgan fingerprint density at radius 3 is 1.71 bits per heavy atom. The van der Waals surface area contributed by atoms with Gasteiger partial charge in [0.1, 0.15) is 40.1 Å². The molecule has 0 bridgehead atoms. The molecule has 0 aliphatic heterocycles. The summed E-state index contributed by atoms with van der Waals surface area (Å²) in [5.41, 5.74) is 9.43. The van der Waals surface area contributed by atoms with E-state index in [-0.39, 0.29) is 23.2 Å². The summed E-state index contributed by atoms with van der Waals surface area (Å²) in [4.78, 5) is 41.2. The van der Waals surface area contributed by atoms with Crippen molar-refractivity contribution in [3.63, 3.8) is 0 Å². The van der Waals surface area contributed by atoms with Crippen LogP contribution in [0.15, 0.2) is 158 Å². The van der Waals surface area contributed by atoms with Crippen LogP contribution in [0.4, 0.5) is 23.3 Å². The molecule has 346 valence electrons. The third-order valence-electron chi connectivity index (χ3n) is 11.0. The second-order valence-electron chi connectivity index (χ2n) is 15.7. The van der Waals surface area contributed by atoms with E-state index in [1.165, 1.54) is 11.8 Å². The average molecular weight is 928 g/mol. The van der Waals surface area contributed by atoms with E-state index >= 15 is 0 Å². The van der Waals surface area contributed by atoms with Crippen molar-refractivity contribution in [3.8, 4) is 46.6 Å². The van der Waals surface area contributed by atoms with Crippen molar-refractivity contribution in [1.29, 1.82) is 0 Å². The zero-order valence-corrected chi connectivity index (χ0v) is 38.5. The maximum Gasteiger partial charge on any atom is 0.269 e. The third-order valence-corrected chi connectivity index (χ3v) is 11.0. The molecule has 0 saturated heterocycles. The third kappa shape index (κ3) is 10.4. The van der Waals surface area contributed by atoms with Crippen molar-refractivity contribution in [2.24, 2.45) is 14.1 Å². The molecule has 5 aromatic carbocycles. The van der Waals surface area contributed by atoms with Crippen LogP contribution in [0, 0.1) is 12.3 Å². The predicted molar refractivity (Wildman–Crippen MR) is 269 cm³/mol. The maximum absolute atomic E-state index is 11.9. The standard InChI is InChI=1S/C30H26N8O2.C23H19N5O2/c1-31-29(39)26-17-24(13-14-32-26)40-23-11-12-28-25(16-23)34-30(37(28)2)33-22-10-6-9-21(15-22)27-19-38(36-35-27)18-20-7-4-3-5-8-20;1-4-15-6-5-7-16(12-15)26-23-27-19-13-17(8-9-21(19)28(23)3)30-18-10-11-25-20(14-18)22(29)24-2/h3-17,19H,18H2,1-2H3,(H,31,39)(H,33,34);1,5-14H,2-3H3,(H,24,29)(H,26,27). The molecule has 0 aliphatic carbocycles. The van der Waals surface area contributed by atoms with Crippen LogP contribution in [-0.4, -0.2) is 70.0 Å². The number of amides is 2. The van der Waals surface area contributed by atoms with Crippen LogP contribution in [0.25, 0.3) is 33.3 Å². The van der Waals surface area contributed by atoms with E-state index in [9.17, 15) is 9.59 Å². The van der Waals surface area contributed by atoms with E-state index in [1.54, 1.807) is 44.6 Å². The lowest BCUT2D eigenvalue weighted by Crippen LogP contribution is -2.18. The lowest BCUT2D eigenvalue weighted by Gasteiger charge is -2.08. The Morgan fingerprint density at radius 2 is 1.16 bits per heavy atom. The quantitative estimate of drug-likeness (QED) is 0.0804. The number of anilines is 4. The fourth-order valence-electron chi connectivity index (χ4n) is 7.42. The number of rotatable bonds is 13. The second kappa shape index (κ2) is 20.4. The zero-order valence-electron chi connectivity index (χ0n) is 38.5. The van der Waals surface area contributed by atoms with Gasteiger partial charge in [-0.05, 0) is 72.3 Å². The number of hydrogen-bond donors (Lipinski definition) is 4. The summed E-state index contributed by atoms with van der Waals surface area (Å²) < 4.78 is 17.7. The van der Waals surface area contributed by atoms with Crippen molar-refractivity contribution in [2.45, 2.75) is 6.54 Å². The molecule has 0 unspecified atom stereocenters. The monoisotopic (exact) mass is 927 g/mol. The number of aryl methyl sites for hydroxylation is 2. The number of nitrogens with zero attached hydrogens (tertiary/aromatic N) is 9. The van der Waals surface area contributed by atoms with Crippen LogP contribution in [-0.2, 0) is 20.6 Å². The van der Waals surface area contributed by atoms with Crippen LogP contribution in [0.3, 0.4) is 0 Å². The molecule has 2 amide bonds. The molecule has 0 atom stereocenters. The minimum atomic E-state index is -0.276. The van der Waals surface area contributed by atoms with Gasteiger partial charge in [0, 0.05) is 87.4 Å². The minimum absolute atomic E-state index is 0.273. The topological polar surface area (TPSA) is 193 Å². The zero-order chi connectivity index (χ0) is 48.6. The number of benzene rings is 5. The summed E-state index contributed by atoms with van der Waals surface area (Å²) in [7, 11) is 7.00. The Bertz CT molecular complexity index is 3560. The van der Waals surface area contributed by atoms with E-state index in [2.05, 4.69) is 64.6 Å². The van der Waals surface area contributed by atoms with E-state index in [1.807, 2.05) is 137 Å². The Hall–Kier alpha value is -9.82. The van der Waals surface area contributed by atoms with Gasteiger partial charge in [0.15, 0.2) is 0 Å². The van der Waals surface area contributed by atoms with Gasteiger partial charge in [-0.25, -0.2) is 14.6 Å². The van der Waals surface area contributed by atoms with Crippen molar-refractivity contribution in [1.82, 2.24) is 54.7 Å². The van der Waals surface area contributed by atoms with Gasteiger partial charge < -0.3 is 39.9 Å². The molecule has 5 heterocycles. The van der Waals surface area contributed by atoms with Gasteiger partial charge in [0.05, 0.1) is 34.8 Å². The molecular weight excluding hydrogens is 883 g/mol. The first-order valence-electron chi connectivity index (χ1n) is 21.9. The van der Waals surface area contributed by atoms with Gasteiger partial charge in [-0.3, -0.25) is 19.6 Å². The molecule has 0 aliphatic rings. The Labute approximate surface area is 402 Å². The number of aromatic nitrogens is 9. The van der Waals surface area contributed by atoms with Crippen LogP contribution in [0.2, 0.25) is 0 Å². The van der Waals surface area contributed by atoms with E-state index in [0.717, 1.165) is 50.3 Å². The highest BCUT2D eigenvalue weighted by Crippen LogP contribution is 2.31. The highest BCUT2D eigenvalue weighted by Gasteiger charge is 2.14. The number of terminal acetylenes is 1. The molecule has 0 spiro atoms. The minimum Gasteiger partial charge on any atom is -0.457 e. The number of imidazole rings is 2. The Kier molecular flexibility index (Phi) is 13.2. The van der Waals surface area contributed by atoms with E-state index in [4.69, 9.17) is 20.9 Å². The summed E-state index contributed by atoms with van der Waals surface area (Å²) in [5.74, 6) is 5.68. The molecule has 0 fully saturated rings. The number of carbonyl (C=O) groups is 2. The summed E-state index contributed by atoms with van der Waals surface area (Å²) in [6, 6.07) is 43.7. The van der Waals surface area contributed by atoms with Gasteiger partial charge in [-0.15, -0.1) is 11.5 Å². The van der Waals surface area contributed by atoms with Crippen LogP contribution in [0.5, 0.6) is 23.0 Å². The molecule has 10 rings (SSSR count). The number of hydrogen-bond acceptors (Lipinski definition) is 12. The highest BCUT2D eigenvalue weighted by atomic mass is 16.5. The first-order valence-corrected chi connectivity index (χ1v) is 21.9. The highest BCUT2D eigenvalue weighted by molar-refractivity contribution is 5.93. The van der Waals surface area contributed by atoms with E-state index in [0.29, 0.717) is 41.4 Å². The Morgan fingerprint density at radius 1 is 0.614 bits per heavy atom. The molecule has 17 heteroatoms. The number of pyridine rings is 2. The largest absolute Gasteiger partial charge is 0.457 e. The number of nitrogens with one attached hydrogen (secondary N) is 4. The molecule has 17 nitrogen and oxygen atoms in total. The number of fused-ring (bicyclic) bond motifs is 2. The van der Waals surface area contributed by atoms with Crippen molar-refractivity contribution in [2.75, 3.05) is 24.7 Å². The van der Waals surface area contributed by atoms with Crippen molar-refractivity contribution < 1.29 is 19.1 Å². The predicted octanol–water partition coefficient (Wildman–Crippen LogP) is 9.02. The van der Waals surface area contributed by atoms with Crippen molar-refractivity contribution in [3.05, 3.63) is 181 Å². The fraction of sp³-hybridized carbons (Fsp3) is 0.0943. The Balaban J connectivity index is 0.000000181. The van der Waals surface area contributed by atoms with Crippen molar-refractivity contribution >= 4 is 57.2 Å². The molecule has 0 saturated carbocycles.